The molecule has 14 heavy (non-hydrogen) atoms. The Kier molecular flexibility index (Phi) is 2.51. The van der Waals surface area contributed by atoms with Gasteiger partial charge in [0.15, 0.2) is 0 Å². The summed E-state index contributed by atoms with van der Waals surface area (Å²) >= 11 is 0. The van der Waals surface area contributed by atoms with Crippen molar-refractivity contribution in [2.75, 3.05) is 0 Å². The van der Waals surface area contributed by atoms with E-state index in [0.29, 0.717) is 0 Å². The van der Waals surface area contributed by atoms with Crippen LogP contribution in [0, 0.1) is 12.3 Å². The van der Waals surface area contributed by atoms with Gasteiger partial charge in [-0.1, -0.05) is 42.5 Å². The molecule has 0 atom stereocenters. The molecule has 2 aromatic rings. The van der Waals surface area contributed by atoms with Gasteiger partial charge in [-0.3, -0.25) is 0 Å². The van der Waals surface area contributed by atoms with Gasteiger partial charge in [0.05, 0.1) is 0 Å². The summed E-state index contributed by atoms with van der Waals surface area (Å²) in [6, 6.07) is 14.9. The Bertz CT molecular complexity index is 475. The van der Waals surface area contributed by atoms with Gasteiger partial charge in [-0.25, -0.2) is 0 Å². The summed E-state index contributed by atoms with van der Waals surface area (Å²) in [5.41, 5.74) is 1.32. The van der Waals surface area contributed by atoms with Crippen molar-refractivity contribution < 1.29 is 0 Å². The lowest BCUT2D eigenvalue weighted by molar-refractivity contribution is 1.03. The second-order valence-corrected chi connectivity index (χ2v) is 3.39. The van der Waals surface area contributed by atoms with Crippen LogP contribution < -0.4 is 0 Å². The molecule has 0 fully saturated rings. The Morgan fingerprint density at radius 3 is 2.57 bits per heavy atom. The topological polar surface area (TPSA) is 0 Å². The minimum Gasteiger partial charge on any atom is -0.120 e. The van der Waals surface area contributed by atoms with Crippen LogP contribution in [-0.2, 0) is 6.42 Å². The van der Waals surface area contributed by atoms with E-state index in [1.807, 2.05) is 0 Å². The fraction of sp³-hybridized carbons (Fsp3) is 0.143. The van der Waals surface area contributed by atoms with Gasteiger partial charge in [-0.15, -0.1) is 12.3 Å². The number of hydrogen-bond donors (Lipinski definition) is 0. The van der Waals surface area contributed by atoms with Gasteiger partial charge in [0.1, 0.15) is 0 Å². The van der Waals surface area contributed by atoms with Crippen molar-refractivity contribution in [3.05, 3.63) is 48.0 Å². The molecule has 0 aliphatic rings. The number of benzene rings is 2. The quantitative estimate of drug-likeness (QED) is 0.621. The minimum absolute atomic E-state index is 0.818. The molecular weight excluding hydrogens is 168 g/mol. The van der Waals surface area contributed by atoms with E-state index in [0.717, 1.165) is 12.8 Å². The van der Waals surface area contributed by atoms with Crippen LogP contribution in [0.4, 0.5) is 0 Å². The van der Waals surface area contributed by atoms with Crippen molar-refractivity contribution in [1.29, 1.82) is 0 Å². The van der Waals surface area contributed by atoms with Crippen LogP contribution in [0.5, 0.6) is 0 Å². The average molecular weight is 180 g/mol. The number of terminal acetylenes is 1. The molecule has 0 aromatic heterocycles. The highest BCUT2D eigenvalue weighted by Crippen LogP contribution is 2.16. The zero-order chi connectivity index (χ0) is 9.80. The van der Waals surface area contributed by atoms with Crippen LogP contribution in [0.2, 0.25) is 0 Å². The van der Waals surface area contributed by atoms with E-state index in [9.17, 15) is 0 Å². The van der Waals surface area contributed by atoms with Gasteiger partial charge in [0.25, 0.3) is 0 Å². The molecule has 2 rings (SSSR count). The van der Waals surface area contributed by atoms with Crippen molar-refractivity contribution in [3.8, 4) is 12.3 Å². The van der Waals surface area contributed by atoms with Gasteiger partial charge in [0.2, 0.25) is 0 Å². The van der Waals surface area contributed by atoms with E-state index in [2.05, 4.69) is 48.4 Å². The van der Waals surface area contributed by atoms with E-state index in [1.165, 1.54) is 16.3 Å². The van der Waals surface area contributed by atoms with Gasteiger partial charge in [-0.2, -0.15) is 0 Å². The molecule has 0 amide bonds. The molecule has 0 unspecified atom stereocenters. The monoisotopic (exact) mass is 180 g/mol. The number of hydrogen-bond acceptors (Lipinski definition) is 0. The standard InChI is InChI=1S/C14H12/c1-2-3-6-12-9-10-13-7-4-5-8-14(13)11-12/h1,4-5,7-11H,3,6H2. The Hall–Kier alpha value is -1.74. The summed E-state index contributed by atoms with van der Waals surface area (Å²) < 4.78 is 0. The lowest BCUT2D eigenvalue weighted by Gasteiger charge is -2.01. The minimum atomic E-state index is 0.818. The third-order valence-electron chi connectivity index (χ3n) is 2.37. The van der Waals surface area contributed by atoms with Crippen LogP contribution >= 0.6 is 0 Å². The Morgan fingerprint density at radius 1 is 1.00 bits per heavy atom. The van der Waals surface area contributed by atoms with E-state index < -0.39 is 0 Å². The van der Waals surface area contributed by atoms with Crippen LogP contribution in [0.15, 0.2) is 42.5 Å². The molecule has 0 saturated carbocycles. The Morgan fingerprint density at radius 2 is 1.79 bits per heavy atom. The smallest absolute Gasteiger partial charge is 0.0127 e. The highest BCUT2D eigenvalue weighted by atomic mass is 14.0. The largest absolute Gasteiger partial charge is 0.120 e. The van der Waals surface area contributed by atoms with Crippen molar-refractivity contribution in [2.45, 2.75) is 12.8 Å². The molecule has 2 aromatic carbocycles. The third kappa shape index (κ3) is 1.78. The van der Waals surface area contributed by atoms with E-state index in [-0.39, 0.29) is 0 Å². The second kappa shape index (κ2) is 3.98. The molecule has 0 nitrogen and oxygen atoms in total. The lowest BCUT2D eigenvalue weighted by atomic mass is 10.0. The number of rotatable bonds is 2. The summed E-state index contributed by atoms with van der Waals surface area (Å²) in [5, 5.41) is 2.58. The predicted molar refractivity (Wildman–Crippen MR) is 61.1 cm³/mol. The first-order valence-corrected chi connectivity index (χ1v) is 4.81. The van der Waals surface area contributed by atoms with Crippen LogP contribution in [0.3, 0.4) is 0 Å². The first-order chi connectivity index (χ1) is 6.90. The summed E-state index contributed by atoms with van der Waals surface area (Å²) in [5.74, 6) is 2.66. The van der Waals surface area contributed by atoms with E-state index in [1.54, 1.807) is 0 Å². The molecule has 0 radical (unpaired) electrons. The normalized spacial score (nSPS) is 9.93. The molecule has 0 aliphatic carbocycles. The maximum absolute atomic E-state index is 5.24. The van der Waals surface area contributed by atoms with Gasteiger partial charge in [0, 0.05) is 6.42 Å². The maximum atomic E-state index is 5.24. The van der Waals surface area contributed by atoms with Crippen molar-refractivity contribution in [2.24, 2.45) is 0 Å². The molecule has 68 valence electrons. The molecule has 0 heteroatoms. The van der Waals surface area contributed by atoms with Crippen LogP contribution in [0.1, 0.15) is 12.0 Å². The number of fused-ring (bicyclic) bond motifs is 1. The van der Waals surface area contributed by atoms with Crippen molar-refractivity contribution in [3.63, 3.8) is 0 Å². The fourth-order valence-electron chi connectivity index (χ4n) is 1.61. The zero-order valence-corrected chi connectivity index (χ0v) is 8.03. The highest BCUT2D eigenvalue weighted by molar-refractivity contribution is 5.82. The van der Waals surface area contributed by atoms with Crippen LogP contribution in [0.25, 0.3) is 10.8 Å². The molecule has 0 aliphatic heterocycles. The Balaban J connectivity index is 2.37. The summed E-state index contributed by atoms with van der Waals surface area (Å²) in [6.07, 6.45) is 7.03. The van der Waals surface area contributed by atoms with Crippen molar-refractivity contribution >= 4 is 10.8 Å². The van der Waals surface area contributed by atoms with E-state index >= 15 is 0 Å². The summed E-state index contributed by atoms with van der Waals surface area (Å²) in [4.78, 5) is 0. The van der Waals surface area contributed by atoms with Gasteiger partial charge < -0.3 is 0 Å². The summed E-state index contributed by atoms with van der Waals surface area (Å²) in [7, 11) is 0. The molecule has 0 heterocycles. The fourth-order valence-corrected chi connectivity index (χ4v) is 1.61. The van der Waals surface area contributed by atoms with Gasteiger partial charge >= 0.3 is 0 Å². The molecule has 0 N–H and O–H groups in total. The second-order valence-electron chi connectivity index (χ2n) is 3.39. The predicted octanol–water partition coefficient (Wildman–Crippen LogP) is 3.41. The third-order valence-corrected chi connectivity index (χ3v) is 2.37. The average Bonchev–Trinajstić information content (AvgIpc) is 2.26. The lowest BCUT2D eigenvalue weighted by Crippen LogP contribution is -1.83. The van der Waals surface area contributed by atoms with Crippen molar-refractivity contribution in [1.82, 2.24) is 0 Å². The SMILES string of the molecule is C#CCCc1ccc2ccccc2c1. The molecular formula is C14H12. The highest BCUT2D eigenvalue weighted by Gasteiger charge is 1.94. The molecule has 0 bridgehead atoms. The zero-order valence-electron chi connectivity index (χ0n) is 8.03. The first-order valence-electron chi connectivity index (χ1n) is 4.81. The number of aryl methyl sites for hydroxylation is 1. The maximum Gasteiger partial charge on any atom is 0.0127 e. The molecule has 0 spiro atoms. The van der Waals surface area contributed by atoms with Crippen LogP contribution in [-0.4, -0.2) is 0 Å². The Labute approximate surface area is 84.6 Å². The summed E-state index contributed by atoms with van der Waals surface area (Å²) in [6.45, 7) is 0. The first kappa shape index (κ1) is 8.84. The molecule has 0 saturated heterocycles. The van der Waals surface area contributed by atoms with E-state index in [4.69, 9.17) is 6.42 Å². The van der Waals surface area contributed by atoms with Gasteiger partial charge in [-0.05, 0) is 22.8 Å².